The molecular weight excluding hydrogens is 538 g/mol. The maximum absolute atomic E-state index is 14.4. The highest BCUT2D eigenvalue weighted by molar-refractivity contribution is 5.88. The minimum absolute atomic E-state index is 0.178. The van der Waals surface area contributed by atoms with Gasteiger partial charge in [-0.05, 0) is 6.42 Å². The second kappa shape index (κ2) is 15.2. The van der Waals surface area contributed by atoms with E-state index >= 15 is 0 Å². The van der Waals surface area contributed by atoms with E-state index in [2.05, 4.69) is 6.92 Å². The summed E-state index contributed by atoms with van der Waals surface area (Å²) in [5.74, 6) is -0.538. The molecule has 0 N–H and O–H groups in total. The lowest BCUT2D eigenvalue weighted by atomic mass is 9.85. The molecule has 3 aliphatic heterocycles. The summed E-state index contributed by atoms with van der Waals surface area (Å²) in [7, 11) is 0. The fraction of sp³-hybridized carbons (Fsp3) is 0.622. The van der Waals surface area contributed by atoms with Crippen LogP contribution >= 0.6 is 0 Å². The Balaban J connectivity index is 1.26. The molecule has 0 amide bonds. The summed E-state index contributed by atoms with van der Waals surface area (Å²) >= 11 is 0. The van der Waals surface area contributed by atoms with E-state index < -0.39 is 17.7 Å². The van der Waals surface area contributed by atoms with Gasteiger partial charge in [0.25, 0.3) is 5.60 Å². The highest BCUT2D eigenvalue weighted by atomic mass is 16.7. The van der Waals surface area contributed by atoms with E-state index in [4.69, 9.17) is 14.2 Å². The molecule has 2 aromatic rings. The molecule has 3 aliphatic rings. The van der Waals surface area contributed by atoms with E-state index in [1.807, 2.05) is 60.7 Å². The van der Waals surface area contributed by atoms with E-state index in [1.165, 1.54) is 81.8 Å². The third-order valence-electron chi connectivity index (χ3n) is 10.4. The molecule has 0 aliphatic carbocycles. The van der Waals surface area contributed by atoms with Crippen molar-refractivity contribution in [3.63, 3.8) is 0 Å². The summed E-state index contributed by atoms with van der Waals surface area (Å²) in [4.78, 5) is 27.7. The fourth-order valence-electron chi connectivity index (χ4n) is 8.17. The lowest BCUT2D eigenvalue weighted by Crippen LogP contribution is -2.60. The van der Waals surface area contributed by atoms with E-state index in [-0.39, 0.29) is 12.7 Å². The zero-order chi connectivity index (χ0) is 30.0. The van der Waals surface area contributed by atoms with Gasteiger partial charge in [0.1, 0.15) is 6.10 Å². The number of carbonyl (C=O) groups is 2. The number of piperidine rings is 1. The van der Waals surface area contributed by atoms with Crippen LogP contribution in [-0.4, -0.2) is 54.5 Å². The van der Waals surface area contributed by atoms with E-state index in [9.17, 15) is 9.59 Å². The minimum Gasteiger partial charge on any atom is -0.458 e. The smallest absolute Gasteiger partial charge is 0.458 e. The average Bonchev–Trinajstić information content (AvgIpc) is 3.58. The van der Waals surface area contributed by atoms with Crippen LogP contribution in [-0.2, 0) is 24.6 Å². The van der Waals surface area contributed by atoms with Gasteiger partial charge in [-0.1, -0.05) is 119 Å². The molecular formula is C37H52NO5+. The molecule has 3 saturated heterocycles. The number of hydrogen-bond acceptors (Lipinski definition) is 5. The Hall–Kier alpha value is -2.86. The summed E-state index contributed by atoms with van der Waals surface area (Å²) in [6.45, 7) is 5.04. The van der Waals surface area contributed by atoms with Gasteiger partial charge in [0, 0.05) is 49.7 Å². The van der Waals surface area contributed by atoms with E-state index in [0.717, 1.165) is 32.1 Å². The van der Waals surface area contributed by atoms with Crippen LogP contribution in [0.25, 0.3) is 0 Å². The van der Waals surface area contributed by atoms with E-state index in [0.29, 0.717) is 23.2 Å². The molecule has 2 atom stereocenters. The first-order chi connectivity index (χ1) is 21.1. The maximum atomic E-state index is 14.4. The fourth-order valence-corrected chi connectivity index (χ4v) is 8.17. The molecule has 0 saturated carbocycles. The number of rotatable bonds is 15. The molecule has 43 heavy (non-hydrogen) atoms. The molecule has 5 rings (SSSR count). The van der Waals surface area contributed by atoms with Crippen molar-refractivity contribution in [1.82, 2.24) is 0 Å². The Morgan fingerprint density at radius 1 is 0.744 bits per heavy atom. The molecule has 6 heteroatoms. The minimum atomic E-state index is -1.74. The Labute approximate surface area is 258 Å². The van der Waals surface area contributed by atoms with Crippen molar-refractivity contribution >= 4 is 12.1 Å². The molecule has 234 valence electrons. The number of nitrogens with zero attached hydrogens (tertiary/aromatic N) is 1. The zero-order valence-electron chi connectivity index (χ0n) is 26.2. The molecule has 0 aromatic heterocycles. The van der Waals surface area contributed by atoms with Crippen LogP contribution in [0.3, 0.4) is 0 Å². The van der Waals surface area contributed by atoms with Crippen LogP contribution in [0.1, 0.15) is 114 Å². The van der Waals surface area contributed by atoms with Crippen molar-refractivity contribution in [3.8, 4) is 0 Å². The van der Waals surface area contributed by atoms with Gasteiger partial charge in [0.05, 0.1) is 31.8 Å². The Morgan fingerprint density at radius 2 is 1.26 bits per heavy atom. The summed E-state index contributed by atoms with van der Waals surface area (Å²) in [5, 5.41) is 0. The standard InChI is InChI=1S/C37H52NO5/c1-2-3-4-5-6-7-8-9-18-27-41-36(40)43-37(30-19-12-10-13-20-30,31-21-14-11-15-22-31)35(39)42-34-28-32-23-24-33(29-34)38(32)25-16-17-26-38/h10-15,19-22,32-34H,2-9,16-18,23-29H2,1H3/q+1. The van der Waals surface area contributed by atoms with Gasteiger partial charge in [-0.3, -0.25) is 0 Å². The highest BCUT2D eigenvalue weighted by Crippen LogP contribution is 2.47. The summed E-state index contributed by atoms with van der Waals surface area (Å²) < 4.78 is 19.3. The molecule has 3 fully saturated rings. The first-order valence-electron chi connectivity index (χ1n) is 17.1. The number of esters is 1. The van der Waals surface area contributed by atoms with E-state index in [1.54, 1.807) is 0 Å². The Kier molecular flexibility index (Phi) is 11.2. The van der Waals surface area contributed by atoms with Crippen molar-refractivity contribution in [2.75, 3.05) is 19.7 Å². The van der Waals surface area contributed by atoms with Gasteiger partial charge < -0.3 is 18.7 Å². The van der Waals surface area contributed by atoms with Crippen LogP contribution in [0.4, 0.5) is 4.79 Å². The normalized spacial score (nSPS) is 22.4. The molecule has 2 bridgehead atoms. The van der Waals surface area contributed by atoms with Gasteiger partial charge in [0.2, 0.25) is 0 Å². The quantitative estimate of drug-likeness (QED) is 0.118. The lowest BCUT2D eigenvalue weighted by molar-refractivity contribution is -0.956. The van der Waals surface area contributed by atoms with Crippen LogP contribution < -0.4 is 0 Å². The monoisotopic (exact) mass is 590 g/mol. The van der Waals surface area contributed by atoms with Crippen LogP contribution in [0, 0.1) is 0 Å². The third kappa shape index (κ3) is 7.28. The highest BCUT2D eigenvalue weighted by Gasteiger charge is 2.57. The number of quaternary nitrogens is 1. The first kappa shape index (κ1) is 31.6. The number of benzene rings is 2. The SMILES string of the molecule is CCCCCCCCCCCOC(=O)OC(C(=O)OC1CC2CCC(C1)[N+]21CCCC1)(c1ccccc1)c1ccccc1. The molecule has 3 heterocycles. The van der Waals surface area contributed by atoms with Crippen molar-refractivity contribution in [1.29, 1.82) is 0 Å². The van der Waals surface area contributed by atoms with Crippen molar-refractivity contribution < 1.29 is 28.3 Å². The number of unbranched alkanes of at least 4 members (excludes halogenated alkanes) is 8. The van der Waals surface area contributed by atoms with Gasteiger partial charge >= 0.3 is 12.1 Å². The summed E-state index contributed by atoms with van der Waals surface area (Å²) in [6, 6.07) is 19.7. The maximum Gasteiger partial charge on any atom is 0.510 e. The molecule has 6 nitrogen and oxygen atoms in total. The number of carbonyl (C=O) groups excluding carboxylic acids is 2. The topological polar surface area (TPSA) is 61.8 Å². The second-order valence-corrected chi connectivity index (χ2v) is 13.1. The van der Waals surface area contributed by atoms with Crippen molar-refractivity contribution in [2.24, 2.45) is 0 Å². The second-order valence-electron chi connectivity index (χ2n) is 13.1. The predicted octanol–water partition coefficient (Wildman–Crippen LogP) is 8.46. The van der Waals surface area contributed by atoms with Crippen molar-refractivity contribution in [3.05, 3.63) is 71.8 Å². The largest absolute Gasteiger partial charge is 0.510 e. The number of ether oxygens (including phenoxy) is 3. The van der Waals surface area contributed by atoms with Gasteiger partial charge in [0.15, 0.2) is 0 Å². The van der Waals surface area contributed by atoms with Gasteiger partial charge in [-0.2, -0.15) is 0 Å². The molecule has 0 radical (unpaired) electrons. The molecule has 2 aromatic carbocycles. The van der Waals surface area contributed by atoms with Crippen LogP contribution in [0.15, 0.2) is 60.7 Å². The third-order valence-corrected chi connectivity index (χ3v) is 10.4. The van der Waals surface area contributed by atoms with Gasteiger partial charge in [-0.25, -0.2) is 9.59 Å². The Morgan fingerprint density at radius 3 is 1.79 bits per heavy atom. The zero-order valence-corrected chi connectivity index (χ0v) is 26.2. The average molecular weight is 591 g/mol. The van der Waals surface area contributed by atoms with Crippen LogP contribution in [0.5, 0.6) is 0 Å². The summed E-state index contributed by atoms with van der Waals surface area (Å²) in [5.41, 5.74) is -0.616. The predicted molar refractivity (Wildman–Crippen MR) is 168 cm³/mol. The van der Waals surface area contributed by atoms with Crippen molar-refractivity contribution in [2.45, 2.75) is 127 Å². The molecule has 1 spiro atoms. The lowest BCUT2D eigenvalue weighted by Gasteiger charge is -2.47. The molecule has 2 unspecified atom stereocenters. The Bertz CT molecular complexity index is 1090. The number of hydrogen-bond donors (Lipinski definition) is 0. The first-order valence-corrected chi connectivity index (χ1v) is 17.1. The summed E-state index contributed by atoms with van der Waals surface area (Å²) in [6.07, 6.45) is 16.4. The van der Waals surface area contributed by atoms with Crippen LogP contribution in [0.2, 0.25) is 0 Å². The van der Waals surface area contributed by atoms with Gasteiger partial charge in [-0.15, -0.1) is 0 Å².